The second kappa shape index (κ2) is 5.95. The number of rotatable bonds is 4. The molecule has 4 nitrogen and oxygen atoms in total. The molecule has 0 aromatic rings. The summed E-state index contributed by atoms with van der Waals surface area (Å²) < 4.78 is 0. The van der Waals surface area contributed by atoms with E-state index in [1.165, 1.54) is 19.5 Å². The molecule has 1 saturated heterocycles. The smallest absolute Gasteiger partial charge is 0.188 e. The summed E-state index contributed by atoms with van der Waals surface area (Å²) in [7, 11) is 2.16. The van der Waals surface area contributed by atoms with Gasteiger partial charge >= 0.3 is 0 Å². The molecule has 1 aliphatic rings. The Morgan fingerprint density at radius 2 is 2.33 bits per heavy atom. The van der Waals surface area contributed by atoms with Crippen molar-refractivity contribution in [2.45, 2.75) is 20.3 Å². The van der Waals surface area contributed by atoms with Crippen LogP contribution in [0.2, 0.25) is 0 Å². The predicted molar refractivity (Wildman–Crippen MR) is 64.9 cm³/mol. The van der Waals surface area contributed by atoms with Crippen LogP contribution in [-0.2, 0) is 0 Å². The molecule has 1 rings (SSSR count). The Bertz CT molecular complexity index is 213. The van der Waals surface area contributed by atoms with Crippen LogP contribution >= 0.6 is 0 Å². The van der Waals surface area contributed by atoms with E-state index in [1.54, 1.807) is 0 Å². The molecule has 1 fully saturated rings. The number of guanidine groups is 1. The van der Waals surface area contributed by atoms with Crippen molar-refractivity contribution in [3.05, 3.63) is 0 Å². The lowest BCUT2D eigenvalue weighted by Crippen LogP contribution is -2.36. The van der Waals surface area contributed by atoms with Gasteiger partial charge in [-0.2, -0.15) is 0 Å². The Morgan fingerprint density at radius 1 is 1.60 bits per heavy atom. The first-order valence-corrected chi connectivity index (χ1v) is 5.80. The average molecular weight is 212 g/mol. The number of hydrogen-bond donors (Lipinski definition) is 2. The first-order chi connectivity index (χ1) is 7.08. The molecule has 1 unspecified atom stereocenters. The second-order valence-corrected chi connectivity index (χ2v) is 4.92. The van der Waals surface area contributed by atoms with Gasteiger partial charge in [0.1, 0.15) is 0 Å². The highest BCUT2D eigenvalue weighted by atomic mass is 15.1. The molecular formula is C11H24N4. The number of nitrogens with one attached hydrogen (secondary N) is 1. The maximum absolute atomic E-state index is 5.76. The van der Waals surface area contributed by atoms with E-state index >= 15 is 0 Å². The molecule has 0 bridgehead atoms. The van der Waals surface area contributed by atoms with Gasteiger partial charge in [-0.1, -0.05) is 13.8 Å². The van der Waals surface area contributed by atoms with Gasteiger partial charge in [0.2, 0.25) is 0 Å². The SMILES string of the molecule is CC(C)CN=C(N)NCC1CCN(C)C1. The van der Waals surface area contributed by atoms with Crippen molar-refractivity contribution in [3.8, 4) is 0 Å². The first-order valence-electron chi connectivity index (χ1n) is 5.80. The number of hydrogen-bond acceptors (Lipinski definition) is 2. The Hall–Kier alpha value is -0.770. The highest BCUT2D eigenvalue weighted by Gasteiger charge is 2.18. The summed E-state index contributed by atoms with van der Waals surface area (Å²) in [5, 5.41) is 3.20. The first kappa shape index (κ1) is 12.3. The molecule has 0 saturated carbocycles. The minimum absolute atomic E-state index is 0.572. The highest BCUT2D eigenvalue weighted by Crippen LogP contribution is 2.12. The number of likely N-dealkylation sites (tertiary alicyclic amines) is 1. The summed E-state index contributed by atoms with van der Waals surface area (Å²) in [6.45, 7) is 8.42. The van der Waals surface area contributed by atoms with Crippen molar-refractivity contribution in [2.75, 3.05) is 33.2 Å². The molecular weight excluding hydrogens is 188 g/mol. The quantitative estimate of drug-likeness (QED) is 0.527. The van der Waals surface area contributed by atoms with Crippen LogP contribution in [0, 0.1) is 11.8 Å². The third-order valence-electron chi connectivity index (χ3n) is 2.69. The molecule has 0 amide bonds. The Labute approximate surface area is 92.9 Å². The molecule has 0 spiro atoms. The minimum atomic E-state index is 0.572. The Balaban J connectivity index is 2.16. The maximum atomic E-state index is 5.76. The Kier molecular flexibility index (Phi) is 4.88. The van der Waals surface area contributed by atoms with Gasteiger partial charge in [0.05, 0.1) is 0 Å². The van der Waals surface area contributed by atoms with E-state index < -0.39 is 0 Å². The fourth-order valence-electron chi connectivity index (χ4n) is 1.78. The van der Waals surface area contributed by atoms with E-state index in [0.29, 0.717) is 11.9 Å². The zero-order valence-corrected chi connectivity index (χ0v) is 10.2. The summed E-state index contributed by atoms with van der Waals surface area (Å²) in [5.41, 5.74) is 5.76. The molecule has 0 aliphatic carbocycles. The van der Waals surface area contributed by atoms with E-state index in [-0.39, 0.29) is 0 Å². The molecule has 4 heteroatoms. The van der Waals surface area contributed by atoms with Crippen molar-refractivity contribution in [1.82, 2.24) is 10.2 Å². The Morgan fingerprint density at radius 3 is 2.87 bits per heavy atom. The van der Waals surface area contributed by atoms with Crippen molar-refractivity contribution in [3.63, 3.8) is 0 Å². The normalized spacial score (nSPS) is 23.7. The van der Waals surface area contributed by atoms with Gasteiger partial charge in [0.25, 0.3) is 0 Å². The lowest BCUT2D eigenvalue weighted by molar-refractivity contribution is 0.394. The largest absolute Gasteiger partial charge is 0.370 e. The number of nitrogens with two attached hydrogens (primary N) is 1. The number of nitrogens with zero attached hydrogens (tertiary/aromatic N) is 2. The van der Waals surface area contributed by atoms with Crippen LogP contribution in [-0.4, -0.2) is 44.1 Å². The van der Waals surface area contributed by atoms with E-state index in [4.69, 9.17) is 5.73 Å². The van der Waals surface area contributed by atoms with Crippen LogP contribution in [0.4, 0.5) is 0 Å². The third kappa shape index (κ3) is 5.02. The lowest BCUT2D eigenvalue weighted by Gasteiger charge is -2.12. The van der Waals surface area contributed by atoms with Crippen molar-refractivity contribution in [2.24, 2.45) is 22.6 Å². The van der Waals surface area contributed by atoms with Gasteiger partial charge in [0, 0.05) is 19.6 Å². The summed E-state index contributed by atoms with van der Waals surface area (Å²) in [5.74, 6) is 1.89. The van der Waals surface area contributed by atoms with E-state index in [0.717, 1.165) is 19.0 Å². The van der Waals surface area contributed by atoms with Crippen LogP contribution in [0.25, 0.3) is 0 Å². The molecule has 3 N–H and O–H groups in total. The second-order valence-electron chi connectivity index (χ2n) is 4.92. The summed E-state index contributed by atoms with van der Waals surface area (Å²) >= 11 is 0. The van der Waals surface area contributed by atoms with Gasteiger partial charge in [-0.3, -0.25) is 4.99 Å². The summed E-state index contributed by atoms with van der Waals surface area (Å²) in [6.07, 6.45) is 1.26. The third-order valence-corrected chi connectivity index (χ3v) is 2.69. The summed E-state index contributed by atoms with van der Waals surface area (Å²) in [6, 6.07) is 0. The van der Waals surface area contributed by atoms with Gasteiger partial charge in [0.15, 0.2) is 5.96 Å². The zero-order chi connectivity index (χ0) is 11.3. The lowest BCUT2D eigenvalue weighted by atomic mass is 10.1. The molecule has 1 heterocycles. The van der Waals surface area contributed by atoms with E-state index in [2.05, 4.69) is 36.1 Å². The molecule has 0 aromatic carbocycles. The van der Waals surface area contributed by atoms with Crippen LogP contribution in [0.3, 0.4) is 0 Å². The van der Waals surface area contributed by atoms with Crippen LogP contribution < -0.4 is 11.1 Å². The zero-order valence-electron chi connectivity index (χ0n) is 10.2. The van der Waals surface area contributed by atoms with E-state index in [1.807, 2.05) is 0 Å². The monoisotopic (exact) mass is 212 g/mol. The molecule has 1 aliphatic heterocycles. The topological polar surface area (TPSA) is 53.6 Å². The predicted octanol–water partition coefficient (Wildman–Crippen LogP) is 0.498. The molecule has 88 valence electrons. The standard InChI is InChI=1S/C11H24N4/c1-9(2)6-13-11(12)14-7-10-4-5-15(3)8-10/h9-10H,4-8H2,1-3H3,(H3,12,13,14). The van der Waals surface area contributed by atoms with E-state index in [9.17, 15) is 0 Å². The molecule has 0 radical (unpaired) electrons. The van der Waals surface area contributed by atoms with Crippen LogP contribution in [0.5, 0.6) is 0 Å². The fourth-order valence-corrected chi connectivity index (χ4v) is 1.78. The van der Waals surface area contributed by atoms with Gasteiger partial charge in [-0.15, -0.1) is 0 Å². The average Bonchev–Trinajstić information content (AvgIpc) is 2.58. The number of aliphatic imine (C=N–C) groups is 1. The van der Waals surface area contributed by atoms with Gasteiger partial charge in [-0.05, 0) is 31.8 Å². The van der Waals surface area contributed by atoms with Crippen molar-refractivity contribution >= 4 is 5.96 Å². The molecule has 0 aromatic heterocycles. The van der Waals surface area contributed by atoms with Gasteiger partial charge < -0.3 is 16.0 Å². The highest BCUT2D eigenvalue weighted by molar-refractivity contribution is 5.77. The molecule has 15 heavy (non-hydrogen) atoms. The van der Waals surface area contributed by atoms with Crippen LogP contribution in [0.1, 0.15) is 20.3 Å². The molecule has 1 atom stereocenters. The van der Waals surface area contributed by atoms with Crippen molar-refractivity contribution in [1.29, 1.82) is 0 Å². The van der Waals surface area contributed by atoms with Crippen LogP contribution in [0.15, 0.2) is 4.99 Å². The maximum Gasteiger partial charge on any atom is 0.188 e. The summed E-state index contributed by atoms with van der Waals surface area (Å²) in [4.78, 5) is 6.63. The fraction of sp³-hybridized carbons (Fsp3) is 0.909. The minimum Gasteiger partial charge on any atom is -0.370 e. The van der Waals surface area contributed by atoms with Crippen molar-refractivity contribution < 1.29 is 0 Å². The van der Waals surface area contributed by atoms with Gasteiger partial charge in [-0.25, -0.2) is 0 Å².